The normalized spacial score (nSPS) is 24.2. The van der Waals surface area contributed by atoms with Gasteiger partial charge in [0.2, 0.25) is 17.7 Å². The van der Waals surface area contributed by atoms with Crippen LogP contribution < -0.4 is 15.0 Å². The van der Waals surface area contributed by atoms with Crippen LogP contribution >= 0.6 is 0 Å². The van der Waals surface area contributed by atoms with Gasteiger partial charge in [-0.1, -0.05) is 12.1 Å². The molecule has 1 N–H and O–H groups in total. The number of alkyl halides is 2. The largest absolute Gasteiger partial charge is 0.474 e. The van der Waals surface area contributed by atoms with Crippen LogP contribution in [0.2, 0.25) is 0 Å². The van der Waals surface area contributed by atoms with Gasteiger partial charge in [0.05, 0.1) is 27.8 Å². The van der Waals surface area contributed by atoms with Gasteiger partial charge in [0.1, 0.15) is 18.0 Å². The number of halogens is 3. The molecule has 1 atom stereocenters. The second-order valence-electron chi connectivity index (χ2n) is 18.3. The number of piperidine rings is 2. The SMILES string of the molecule is O=C1CCC(N2C(=O)c3cc(F)c(N4CCC(CN5CC6(C5)CN(CC5CC(Oc7ccc(-c8ccc9c%10cnccc%10n(C(F)F)c9c8)cn7)C5)C6)CC4)cc3C2=O)C(=O)N1. The van der Waals surface area contributed by atoms with E-state index in [1.54, 1.807) is 24.5 Å². The molecule has 5 fully saturated rings. The first-order valence-corrected chi connectivity index (χ1v) is 21.5. The number of pyridine rings is 2. The van der Waals surface area contributed by atoms with Crippen LogP contribution in [0.3, 0.4) is 0 Å². The summed E-state index contributed by atoms with van der Waals surface area (Å²) in [5.41, 5.74) is 3.26. The maximum Gasteiger partial charge on any atom is 0.319 e. The van der Waals surface area contributed by atoms with Crippen molar-refractivity contribution in [3.63, 3.8) is 0 Å². The van der Waals surface area contributed by atoms with E-state index >= 15 is 4.39 Å². The Morgan fingerprint density at radius 3 is 2.19 bits per heavy atom. The fourth-order valence-electron chi connectivity index (χ4n) is 11.1. The van der Waals surface area contributed by atoms with Crippen LogP contribution in [0.1, 0.15) is 65.8 Å². The van der Waals surface area contributed by atoms with Gasteiger partial charge in [0.15, 0.2) is 0 Å². The number of anilines is 1. The smallest absolute Gasteiger partial charge is 0.319 e. The molecule has 5 aliphatic heterocycles. The first kappa shape index (κ1) is 39.0. The van der Waals surface area contributed by atoms with Crippen LogP contribution in [0.4, 0.5) is 18.9 Å². The van der Waals surface area contributed by atoms with Crippen molar-refractivity contribution in [1.82, 2.24) is 34.6 Å². The summed E-state index contributed by atoms with van der Waals surface area (Å²) in [7, 11) is 0. The van der Waals surface area contributed by atoms with E-state index in [4.69, 9.17) is 4.74 Å². The Bertz CT molecular complexity index is 2640. The van der Waals surface area contributed by atoms with E-state index in [9.17, 15) is 28.0 Å². The highest BCUT2D eigenvalue weighted by atomic mass is 19.3. The van der Waals surface area contributed by atoms with Gasteiger partial charge in [-0.2, -0.15) is 8.78 Å². The lowest BCUT2D eigenvalue weighted by Gasteiger charge is -2.62. The molecule has 0 radical (unpaired) electrons. The van der Waals surface area contributed by atoms with Gasteiger partial charge in [0, 0.05) is 105 Å². The van der Waals surface area contributed by atoms with Gasteiger partial charge < -0.3 is 19.4 Å². The minimum absolute atomic E-state index is 0.0250. The van der Waals surface area contributed by atoms with Gasteiger partial charge in [-0.15, -0.1) is 0 Å². The summed E-state index contributed by atoms with van der Waals surface area (Å²) in [5, 5.41) is 3.62. The number of hydrogen-bond acceptors (Lipinski definition) is 10. The number of nitrogens with one attached hydrogen (secondary N) is 1. The predicted molar refractivity (Wildman–Crippen MR) is 222 cm³/mol. The van der Waals surface area contributed by atoms with Crippen molar-refractivity contribution in [2.75, 3.05) is 57.3 Å². The highest BCUT2D eigenvalue weighted by Gasteiger charge is 2.52. The molecule has 4 amide bonds. The number of benzene rings is 2. The summed E-state index contributed by atoms with van der Waals surface area (Å²) >= 11 is 0. The molecular weight excluding hydrogens is 802 g/mol. The molecule has 6 aliphatic rings. The molecule has 8 heterocycles. The van der Waals surface area contributed by atoms with Crippen LogP contribution in [-0.2, 0) is 9.59 Å². The van der Waals surface area contributed by atoms with E-state index < -0.39 is 42.0 Å². The number of fused-ring (bicyclic) bond motifs is 4. The minimum Gasteiger partial charge on any atom is -0.474 e. The van der Waals surface area contributed by atoms with Crippen molar-refractivity contribution in [1.29, 1.82) is 0 Å². The van der Waals surface area contributed by atoms with Gasteiger partial charge in [-0.25, -0.2) is 9.37 Å². The maximum atomic E-state index is 15.4. The van der Waals surface area contributed by atoms with Crippen molar-refractivity contribution in [3.8, 4) is 17.0 Å². The molecule has 1 unspecified atom stereocenters. The average molecular weight is 847 g/mol. The lowest BCUT2D eigenvalue weighted by molar-refractivity contribution is -0.136. The summed E-state index contributed by atoms with van der Waals surface area (Å²) in [6.07, 6.45) is 8.88. The van der Waals surface area contributed by atoms with Crippen LogP contribution in [0, 0.1) is 23.1 Å². The van der Waals surface area contributed by atoms with Crippen LogP contribution in [0.5, 0.6) is 5.88 Å². The molecule has 1 aliphatic carbocycles. The van der Waals surface area contributed by atoms with E-state index in [0.717, 1.165) is 97.0 Å². The Labute approximate surface area is 354 Å². The summed E-state index contributed by atoms with van der Waals surface area (Å²) < 4.78 is 50.9. The quantitative estimate of drug-likeness (QED) is 0.170. The number of amides is 4. The zero-order valence-electron chi connectivity index (χ0n) is 33.9. The van der Waals surface area contributed by atoms with E-state index in [-0.39, 0.29) is 30.1 Å². The van der Waals surface area contributed by atoms with Gasteiger partial charge >= 0.3 is 6.55 Å². The number of carbonyl (C=O) groups is 4. The first-order valence-electron chi connectivity index (χ1n) is 21.5. The van der Waals surface area contributed by atoms with Crippen molar-refractivity contribution in [2.45, 2.75) is 57.2 Å². The molecule has 3 aromatic heterocycles. The fourth-order valence-corrected chi connectivity index (χ4v) is 11.1. The third-order valence-corrected chi connectivity index (χ3v) is 14.1. The number of imide groups is 2. The summed E-state index contributed by atoms with van der Waals surface area (Å²) in [4.78, 5) is 67.1. The van der Waals surface area contributed by atoms with Gasteiger partial charge in [-0.05, 0) is 79.8 Å². The predicted octanol–water partition coefficient (Wildman–Crippen LogP) is 5.88. The Hall–Kier alpha value is -5.87. The molecule has 11 rings (SSSR count). The number of likely N-dealkylation sites (tertiary alicyclic amines) is 2. The van der Waals surface area contributed by atoms with E-state index in [1.807, 2.05) is 29.2 Å². The molecule has 4 saturated heterocycles. The Kier molecular flexibility index (Phi) is 9.37. The van der Waals surface area contributed by atoms with Crippen molar-refractivity contribution in [2.24, 2.45) is 17.3 Å². The number of carbonyl (C=O) groups excluding carboxylic acids is 4. The lowest BCUT2D eigenvalue weighted by atomic mass is 9.71. The highest BCUT2D eigenvalue weighted by Crippen LogP contribution is 2.43. The topological polar surface area (TPSA) is 133 Å². The zero-order chi connectivity index (χ0) is 42.4. The standard InChI is InChI=1S/C46H45F3N8O5/c47-35-16-32-33(44(61)57(43(32)60)37-4-5-40(58)52-42(37)59)17-39(35)55-11-8-26(9-12-55)20-53-22-46(23-53)24-54(25-46)21-27-13-30(14-27)62-41-6-2-29(18-51-41)28-1-3-31-34-19-50-10-7-36(34)56(45(48)49)38(31)15-28/h1-3,6-7,10,15-19,26-27,30,37,45H,4-5,8-9,11-14,20-25H2,(H,52,58,59). The second-order valence-corrected chi connectivity index (χ2v) is 18.3. The Morgan fingerprint density at radius 1 is 0.790 bits per heavy atom. The minimum atomic E-state index is -2.68. The van der Waals surface area contributed by atoms with Gasteiger partial charge in [0.25, 0.3) is 11.8 Å². The molecular formula is C46H45F3N8O5. The molecule has 62 heavy (non-hydrogen) atoms. The zero-order valence-corrected chi connectivity index (χ0v) is 33.9. The lowest BCUT2D eigenvalue weighted by Crippen LogP contribution is -2.72. The molecule has 13 nitrogen and oxygen atoms in total. The Morgan fingerprint density at radius 2 is 1.50 bits per heavy atom. The van der Waals surface area contributed by atoms with E-state index in [2.05, 4.69) is 25.1 Å². The third kappa shape index (κ3) is 6.69. The second kappa shape index (κ2) is 14.9. The van der Waals surface area contributed by atoms with Gasteiger partial charge in [-0.3, -0.25) is 38.9 Å². The summed E-state index contributed by atoms with van der Waals surface area (Å²) in [5.74, 6) is -1.38. The van der Waals surface area contributed by atoms with Crippen LogP contribution in [0.25, 0.3) is 32.9 Å². The molecule has 320 valence electrons. The number of nitrogens with zero attached hydrogens (tertiary/aromatic N) is 7. The van der Waals surface area contributed by atoms with E-state index in [0.29, 0.717) is 58.3 Å². The maximum absolute atomic E-state index is 15.4. The number of ether oxygens (including phenoxy) is 1. The molecule has 2 aromatic carbocycles. The first-order chi connectivity index (χ1) is 30.0. The fraction of sp³-hybridized carbons (Fsp3) is 0.435. The molecule has 1 spiro atoms. The highest BCUT2D eigenvalue weighted by molar-refractivity contribution is 6.23. The van der Waals surface area contributed by atoms with Crippen molar-refractivity contribution < 1.29 is 37.1 Å². The number of aromatic nitrogens is 3. The molecule has 16 heteroatoms. The monoisotopic (exact) mass is 846 g/mol. The summed E-state index contributed by atoms with van der Waals surface area (Å²) in [6, 6.07) is 12.4. The third-order valence-electron chi connectivity index (χ3n) is 14.1. The van der Waals surface area contributed by atoms with Crippen molar-refractivity contribution in [3.05, 3.63) is 84.1 Å². The summed E-state index contributed by atoms with van der Waals surface area (Å²) in [6.45, 7) is 5.15. The van der Waals surface area contributed by atoms with Crippen molar-refractivity contribution >= 4 is 51.1 Å². The van der Waals surface area contributed by atoms with Crippen LogP contribution in [0.15, 0.2) is 67.1 Å². The Balaban J connectivity index is 0.608. The van der Waals surface area contributed by atoms with E-state index in [1.165, 1.54) is 12.3 Å². The van der Waals surface area contributed by atoms with Crippen LogP contribution in [-0.4, -0.2) is 117 Å². The average Bonchev–Trinajstić information content (AvgIpc) is 3.68. The molecule has 1 saturated carbocycles. The molecule has 5 aromatic rings. The molecule has 0 bridgehead atoms. The number of hydrogen-bond donors (Lipinski definition) is 1. The number of rotatable bonds is 10.